The van der Waals surface area contributed by atoms with Crippen LogP contribution < -0.4 is 0 Å². The molecule has 0 aromatic heterocycles. The van der Waals surface area contributed by atoms with Gasteiger partial charge in [-0.25, -0.2) is 0 Å². The Morgan fingerprint density at radius 1 is 0.577 bits per heavy atom. The minimum atomic E-state index is -9.75. The van der Waals surface area contributed by atoms with Crippen LogP contribution in [0.15, 0.2) is 105 Å². The molecular weight excluding hydrogens is 387 g/mol. The van der Waals surface area contributed by atoms with Gasteiger partial charge in [0.2, 0.25) is 0 Å². The van der Waals surface area contributed by atoms with Crippen molar-refractivity contribution in [1.82, 2.24) is 0 Å². The second-order valence-electron chi connectivity index (χ2n) is 5.99. The van der Waals surface area contributed by atoms with Gasteiger partial charge in [0.25, 0.3) is 0 Å². The first-order valence-corrected chi connectivity index (χ1v) is 11.6. The van der Waals surface area contributed by atoms with Crippen LogP contribution in [0.3, 0.4) is 0 Å². The van der Waals surface area contributed by atoms with Crippen molar-refractivity contribution >= 4 is 20.3 Å². The van der Waals surface area contributed by atoms with E-state index in [0.717, 1.165) is 15.9 Å². The normalized spacial score (nSPS) is 15.8. The van der Waals surface area contributed by atoms with Gasteiger partial charge in [0.1, 0.15) is 4.90 Å². The Kier molecular flexibility index (Phi) is 3.98. The molecule has 26 heavy (non-hydrogen) atoms. The summed E-state index contributed by atoms with van der Waals surface area (Å²) < 4.78 is 66.6. The maximum absolute atomic E-state index is 13.3. The Hall–Kier alpha value is -1.99. The highest BCUT2D eigenvalue weighted by Gasteiger charge is 2.65. The molecule has 3 rings (SSSR count). The zero-order valence-electron chi connectivity index (χ0n) is 13.8. The molecule has 140 valence electrons. The van der Waals surface area contributed by atoms with E-state index >= 15 is 0 Å². The van der Waals surface area contributed by atoms with Crippen molar-refractivity contribution < 1.29 is 19.4 Å². The van der Waals surface area contributed by atoms with Crippen LogP contribution in [0, 0.1) is 0 Å². The summed E-state index contributed by atoms with van der Waals surface area (Å²) in [5.41, 5.74) is 0. The van der Waals surface area contributed by atoms with Crippen molar-refractivity contribution in [1.29, 1.82) is 0 Å². The van der Waals surface area contributed by atoms with Crippen LogP contribution >= 0.6 is 20.3 Å². The zero-order chi connectivity index (χ0) is 19.1. The van der Waals surface area contributed by atoms with Crippen molar-refractivity contribution in [3.63, 3.8) is 0 Å². The number of hydrogen-bond acceptors (Lipinski definition) is 0. The average Bonchev–Trinajstić information content (AvgIpc) is 2.61. The van der Waals surface area contributed by atoms with Gasteiger partial charge in [-0.05, 0) is 63.4 Å². The second kappa shape index (κ2) is 5.50. The number of hydrogen-bond donors (Lipinski definition) is 0. The minimum Gasteiger partial charge on any atom is -0.163 e. The third-order valence-electron chi connectivity index (χ3n) is 4.15. The fourth-order valence-electron chi connectivity index (χ4n) is 2.76. The summed E-state index contributed by atoms with van der Waals surface area (Å²) >= 11 is 0. The summed E-state index contributed by atoms with van der Waals surface area (Å²) in [5, 5.41) is 0. The fraction of sp³-hybridized carbons (Fsp3) is 0.0526. The molecule has 0 unspecified atom stereocenters. The summed E-state index contributed by atoms with van der Waals surface area (Å²) in [4.78, 5) is -0.0234. The number of halogens is 5. The van der Waals surface area contributed by atoms with Crippen LogP contribution in [-0.2, 0) is 0 Å². The van der Waals surface area contributed by atoms with Gasteiger partial charge in [-0.15, -0.1) is 0 Å². The minimum absolute atomic E-state index is 0.237. The van der Waals surface area contributed by atoms with E-state index in [2.05, 4.69) is 0 Å². The summed E-state index contributed by atoms with van der Waals surface area (Å²) in [6.07, 6.45) is 1.82. The van der Waals surface area contributed by atoms with E-state index in [1.165, 1.54) is 6.07 Å². The van der Waals surface area contributed by atoms with Crippen LogP contribution in [0.5, 0.6) is 0 Å². The molecule has 0 atom stereocenters. The van der Waals surface area contributed by atoms with E-state index in [-0.39, 0.29) is 4.90 Å². The lowest BCUT2D eigenvalue weighted by atomic mass is 10.4. The molecule has 0 N–H and O–H groups in total. The van der Waals surface area contributed by atoms with E-state index in [4.69, 9.17) is 0 Å². The zero-order valence-corrected chi connectivity index (χ0v) is 15.4. The van der Waals surface area contributed by atoms with Crippen LogP contribution in [0.2, 0.25) is 0 Å². The first kappa shape index (κ1) is 18.8. The standard InChI is InChI=1S/C19H17F5S2/c1-25(16-9-4-2-5-10-16,17-11-6-3-7-12-17)18-13-8-14-19(15-18)26(20,21,22,23)24/h2-15H,1H3. The molecule has 7 heteroatoms. The Bertz CT molecular complexity index is 884. The van der Waals surface area contributed by atoms with Crippen LogP contribution in [-0.4, -0.2) is 6.26 Å². The third-order valence-corrected chi connectivity index (χ3v) is 8.92. The van der Waals surface area contributed by atoms with Crippen LogP contribution in [0.1, 0.15) is 0 Å². The summed E-state index contributed by atoms with van der Waals surface area (Å²) in [6.45, 7) is 0. The SMILES string of the molecule is CS(c1ccccc1)(c1ccccc1)c1cccc(S(F)(F)(F)(F)F)c1. The van der Waals surface area contributed by atoms with Crippen molar-refractivity contribution in [3.05, 3.63) is 84.9 Å². The van der Waals surface area contributed by atoms with Crippen molar-refractivity contribution in [2.75, 3.05) is 6.26 Å². The molecule has 0 aliphatic rings. The Morgan fingerprint density at radius 2 is 1.00 bits per heavy atom. The quantitative estimate of drug-likeness (QED) is 0.384. The number of benzene rings is 3. The van der Waals surface area contributed by atoms with E-state index < -0.39 is 25.1 Å². The van der Waals surface area contributed by atoms with Crippen molar-refractivity contribution in [2.24, 2.45) is 0 Å². The molecular formula is C19H17F5S2. The summed E-state index contributed by atoms with van der Waals surface area (Å²) in [5.74, 6) is 0. The molecule has 0 saturated carbocycles. The Balaban J connectivity index is 2.29. The molecule has 0 fully saturated rings. The highest BCUT2D eigenvalue weighted by Crippen LogP contribution is 3.02. The molecule has 0 amide bonds. The maximum Gasteiger partial charge on any atom is 0.310 e. The smallest absolute Gasteiger partial charge is 0.163 e. The molecule has 0 bridgehead atoms. The highest BCUT2D eigenvalue weighted by atomic mass is 32.5. The molecule has 0 heterocycles. The van der Waals surface area contributed by atoms with Crippen LogP contribution in [0.25, 0.3) is 0 Å². The highest BCUT2D eigenvalue weighted by molar-refractivity contribution is 8.45. The number of rotatable bonds is 4. The van der Waals surface area contributed by atoms with Gasteiger partial charge in [-0.3, -0.25) is 0 Å². The molecule has 3 aromatic carbocycles. The summed E-state index contributed by atoms with van der Waals surface area (Å²) in [7, 11) is -11.9. The van der Waals surface area contributed by atoms with E-state index in [1.54, 1.807) is 36.4 Å². The Morgan fingerprint density at radius 3 is 1.42 bits per heavy atom. The predicted molar refractivity (Wildman–Crippen MR) is 99.0 cm³/mol. The van der Waals surface area contributed by atoms with E-state index in [0.29, 0.717) is 12.1 Å². The lowest BCUT2D eigenvalue weighted by Gasteiger charge is -2.42. The topological polar surface area (TPSA) is 0 Å². The van der Waals surface area contributed by atoms with Crippen molar-refractivity contribution in [3.8, 4) is 0 Å². The molecule has 0 aliphatic carbocycles. The molecule has 0 radical (unpaired) electrons. The van der Waals surface area contributed by atoms with Gasteiger partial charge in [0, 0.05) is 0 Å². The first-order chi connectivity index (χ1) is 11.9. The summed E-state index contributed by atoms with van der Waals surface area (Å²) in [6, 6.07) is 21.6. The fourth-order valence-corrected chi connectivity index (χ4v) is 6.45. The van der Waals surface area contributed by atoms with Gasteiger partial charge in [0.15, 0.2) is 0 Å². The molecule has 0 spiro atoms. The average molecular weight is 404 g/mol. The second-order valence-corrected chi connectivity index (χ2v) is 11.6. The third kappa shape index (κ3) is 3.59. The maximum atomic E-state index is 13.3. The van der Waals surface area contributed by atoms with Gasteiger partial charge in [-0.2, -0.15) is 10.0 Å². The molecule has 3 aromatic rings. The van der Waals surface area contributed by atoms with Gasteiger partial charge in [-0.1, -0.05) is 61.9 Å². The monoisotopic (exact) mass is 404 g/mol. The molecule has 0 aliphatic heterocycles. The lowest BCUT2D eigenvalue weighted by molar-refractivity contribution is 0.363. The van der Waals surface area contributed by atoms with E-state index in [9.17, 15) is 19.4 Å². The first-order valence-electron chi connectivity index (χ1n) is 7.64. The van der Waals surface area contributed by atoms with Gasteiger partial charge < -0.3 is 0 Å². The van der Waals surface area contributed by atoms with Crippen LogP contribution in [0.4, 0.5) is 19.4 Å². The van der Waals surface area contributed by atoms with Gasteiger partial charge in [0.05, 0.1) is 0 Å². The lowest BCUT2D eigenvalue weighted by Crippen LogP contribution is -2.08. The molecule has 0 saturated heterocycles. The van der Waals surface area contributed by atoms with Crippen molar-refractivity contribution in [2.45, 2.75) is 19.6 Å². The predicted octanol–water partition coefficient (Wildman–Crippen LogP) is 8.26. The van der Waals surface area contributed by atoms with E-state index in [1.807, 2.05) is 30.5 Å². The largest absolute Gasteiger partial charge is 0.310 e. The Labute approximate surface area is 150 Å². The van der Waals surface area contributed by atoms with Gasteiger partial charge >= 0.3 is 10.2 Å². The molecule has 0 nitrogen and oxygen atoms in total.